The molecule has 0 fully saturated rings. The quantitative estimate of drug-likeness (QED) is 0.767. The van der Waals surface area contributed by atoms with Crippen molar-refractivity contribution in [2.45, 2.75) is 13.3 Å². The van der Waals surface area contributed by atoms with E-state index in [1.165, 1.54) is 11.5 Å². The first-order valence-electron chi connectivity index (χ1n) is 6.70. The van der Waals surface area contributed by atoms with Gasteiger partial charge in [0.2, 0.25) is 11.0 Å². The number of carbonyl (C=O) groups is 1. The molecule has 0 spiro atoms. The number of hydrogen-bond acceptors (Lipinski definition) is 6. The molecule has 6 nitrogen and oxygen atoms in total. The van der Waals surface area contributed by atoms with Crippen molar-refractivity contribution in [2.24, 2.45) is 0 Å². The minimum absolute atomic E-state index is 0.126. The summed E-state index contributed by atoms with van der Waals surface area (Å²) >= 11 is 4.64. The molecule has 0 unspecified atom stereocenters. The molecule has 0 saturated carbocycles. The molecule has 0 atom stereocenters. The maximum Gasteiger partial charge on any atom is 0.243 e. The van der Waals surface area contributed by atoms with E-state index in [1.54, 1.807) is 7.11 Å². The number of aryl methyl sites for hydroxylation is 1. The highest BCUT2D eigenvalue weighted by Crippen LogP contribution is 2.20. The van der Waals surface area contributed by atoms with E-state index in [4.69, 9.17) is 4.74 Å². The molecule has 22 heavy (non-hydrogen) atoms. The average Bonchev–Trinajstić information content (AvgIpc) is 2.94. The summed E-state index contributed by atoms with van der Waals surface area (Å²) in [6, 6.07) is 5.71. The van der Waals surface area contributed by atoms with Gasteiger partial charge in [-0.05, 0) is 30.7 Å². The fourth-order valence-corrected chi connectivity index (χ4v) is 2.82. The van der Waals surface area contributed by atoms with E-state index in [0.29, 0.717) is 18.2 Å². The fraction of sp³-hybridized carbons (Fsp3) is 0.357. The number of methoxy groups -OCH3 is 1. The van der Waals surface area contributed by atoms with Crippen molar-refractivity contribution in [1.82, 2.24) is 9.36 Å². The first-order valence-corrected chi connectivity index (χ1v) is 8.26. The van der Waals surface area contributed by atoms with Crippen LogP contribution in [-0.2, 0) is 16.0 Å². The molecule has 2 rings (SSSR count). The summed E-state index contributed by atoms with van der Waals surface area (Å²) < 4.78 is 10.2. The lowest BCUT2D eigenvalue weighted by Gasteiger charge is -2.08. The van der Waals surface area contributed by atoms with Crippen LogP contribution in [0.3, 0.4) is 0 Å². The van der Waals surface area contributed by atoms with Crippen LogP contribution >= 0.6 is 27.5 Å². The van der Waals surface area contributed by atoms with Crippen molar-refractivity contribution >= 4 is 44.2 Å². The van der Waals surface area contributed by atoms with Gasteiger partial charge in [0.05, 0.1) is 13.2 Å². The molecule has 0 aliphatic carbocycles. The molecule has 1 amide bonds. The molecule has 0 saturated heterocycles. The first-order chi connectivity index (χ1) is 10.6. The van der Waals surface area contributed by atoms with Gasteiger partial charge in [-0.2, -0.15) is 4.37 Å². The lowest BCUT2D eigenvalue weighted by Crippen LogP contribution is -2.22. The number of aromatic nitrogens is 2. The van der Waals surface area contributed by atoms with Gasteiger partial charge in [0.1, 0.15) is 5.82 Å². The zero-order valence-corrected chi connectivity index (χ0v) is 14.8. The number of benzene rings is 1. The van der Waals surface area contributed by atoms with E-state index in [1.807, 2.05) is 25.1 Å². The lowest BCUT2D eigenvalue weighted by molar-refractivity contribution is -0.114. The van der Waals surface area contributed by atoms with Crippen molar-refractivity contribution in [2.75, 3.05) is 30.9 Å². The molecule has 1 aromatic carbocycles. The predicted octanol–water partition coefficient (Wildman–Crippen LogP) is 2.85. The SMILES string of the molecule is COCCc1nsc(NCC(=O)Nc2ccc(Br)cc2C)n1. The second-order valence-electron chi connectivity index (χ2n) is 4.62. The third kappa shape index (κ3) is 5.04. The monoisotopic (exact) mass is 384 g/mol. The van der Waals surface area contributed by atoms with E-state index in [-0.39, 0.29) is 12.5 Å². The Hall–Kier alpha value is -1.51. The summed E-state index contributed by atoms with van der Waals surface area (Å²) in [5.41, 5.74) is 1.80. The summed E-state index contributed by atoms with van der Waals surface area (Å²) in [6.07, 6.45) is 0.666. The number of nitrogens with one attached hydrogen (secondary N) is 2. The van der Waals surface area contributed by atoms with Gasteiger partial charge in [-0.15, -0.1) is 0 Å². The van der Waals surface area contributed by atoms with E-state index in [0.717, 1.165) is 21.5 Å². The van der Waals surface area contributed by atoms with Crippen LogP contribution in [0.5, 0.6) is 0 Å². The number of halogens is 1. The minimum Gasteiger partial charge on any atom is -0.384 e. The second kappa shape index (κ2) is 8.21. The van der Waals surface area contributed by atoms with Crippen LogP contribution in [0.25, 0.3) is 0 Å². The Bertz CT molecular complexity index is 648. The van der Waals surface area contributed by atoms with Gasteiger partial charge in [0, 0.05) is 35.2 Å². The van der Waals surface area contributed by atoms with Crippen molar-refractivity contribution < 1.29 is 9.53 Å². The molecule has 0 aliphatic heterocycles. The van der Waals surface area contributed by atoms with Crippen molar-refractivity contribution in [3.63, 3.8) is 0 Å². The molecule has 0 aliphatic rings. The smallest absolute Gasteiger partial charge is 0.243 e. The zero-order valence-electron chi connectivity index (χ0n) is 12.4. The van der Waals surface area contributed by atoms with Gasteiger partial charge >= 0.3 is 0 Å². The molecule has 2 aromatic rings. The summed E-state index contributed by atoms with van der Waals surface area (Å²) in [5.74, 6) is 0.595. The first kappa shape index (κ1) is 16.9. The van der Waals surface area contributed by atoms with Gasteiger partial charge in [0.25, 0.3) is 0 Å². The molecule has 0 bridgehead atoms. The number of ether oxygens (including phenoxy) is 1. The zero-order chi connectivity index (χ0) is 15.9. The Labute approximate surface area is 141 Å². The molecule has 1 aromatic heterocycles. The summed E-state index contributed by atoms with van der Waals surface area (Å²) in [7, 11) is 1.64. The molecular weight excluding hydrogens is 368 g/mol. The van der Waals surface area contributed by atoms with Crippen LogP contribution in [-0.4, -0.2) is 35.5 Å². The highest BCUT2D eigenvalue weighted by atomic mass is 79.9. The van der Waals surface area contributed by atoms with Gasteiger partial charge in [-0.1, -0.05) is 15.9 Å². The highest BCUT2D eigenvalue weighted by Gasteiger charge is 2.08. The Morgan fingerprint density at radius 1 is 1.45 bits per heavy atom. The maximum absolute atomic E-state index is 12.0. The fourth-order valence-electron chi connectivity index (χ4n) is 1.74. The third-order valence-corrected chi connectivity index (χ3v) is 4.06. The lowest BCUT2D eigenvalue weighted by atomic mass is 10.2. The molecule has 1 heterocycles. The van der Waals surface area contributed by atoms with Crippen LogP contribution in [0.4, 0.5) is 10.8 Å². The Balaban J connectivity index is 1.83. The van der Waals surface area contributed by atoms with Crippen LogP contribution in [0.15, 0.2) is 22.7 Å². The number of amides is 1. The minimum atomic E-state index is -0.126. The second-order valence-corrected chi connectivity index (χ2v) is 6.29. The van der Waals surface area contributed by atoms with Crippen molar-refractivity contribution in [3.05, 3.63) is 34.1 Å². The number of carbonyl (C=O) groups excluding carboxylic acids is 1. The maximum atomic E-state index is 12.0. The third-order valence-electron chi connectivity index (χ3n) is 2.86. The summed E-state index contributed by atoms with van der Waals surface area (Å²) in [5, 5.41) is 6.47. The van der Waals surface area contributed by atoms with Crippen molar-refractivity contribution in [3.8, 4) is 0 Å². The molecule has 118 valence electrons. The van der Waals surface area contributed by atoms with Crippen LogP contribution in [0, 0.1) is 6.92 Å². The highest BCUT2D eigenvalue weighted by molar-refractivity contribution is 9.10. The average molecular weight is 385 g/mol. The van der Waals surface area contributed by atoms with E-state index in [9.17, 15) is 4.79 Å². The largest absolute Gasteiger partial charge is 0.384 e. The normalized spacial score (nSPS) is 10.5. The predicted molar refractivity (Wildman–Crippen MR) is 91.5 cm³/mol. The summed E-state index contributed by atoms with van der Waals surface area (Å²) in [4.78, 5) is 16.2. The van der Waals surface area contributed by atoms with E-state index in [2.05, 4.69) is 35.9 Å². The number of rotatable bonds is 7. The van der Waals surface area contributed by atoms with E-state index < -0.39 is 0 Å². The summed E-state index contributed by atoms with van der Waals surface area (Å²) in [6.45, 7) is 2.68. The Morgan fingerprint density at radius 2 is 2.27 bits per heavy atom. The molecule has 8 heteroatoms. The molecule has 0 radical (unpaired) electrons. The van der Waals surface area contributed by atoms with Gasteiger partial charge in [-0.25, -0.2) is 4.98 Å². The number of nitrogens with zero attached hydrogens (tertiary/aromatic N) is 2. The van der Waals surface area contributed by atoms with Crippen LogP contribution < -0.4 is 10.6 Å². The van der Waals surface area contributed by atoms with Gasteiger partial charge in [0.15, 0.2) is 0 Å². The molecule has 2 N–H and O–H groups in total. The van der Waals surface area contributed by atoms with Gasteiger partial charge in [-0.3, -0.25) is 4.79 Å². The Kier molecular flexibility index (Phi) is 6.29. The molecular formula is C14H17BrN4O2S. The van der Waals surface area contributed by atoms with E-state index >= 15 is 0 Å². The number of hydrogen-bond donors (Lipinski definition) is 2. The van der Waals surface area contributed by atoms with Crippen molar-refractivity contribution in [1.29, 1.82) is 0 Å². The topological polar surface area (TPSA) is 76.1 Å². The van der Waals surface area contributed by atoms with Crippen LogP contribution in [0.1, 0.15) is 11.4 Å². The number of anilines is 2. The Morgan fingerprint density at radius 3 is 3.00 bits per heavy atom. The van der Waals surface area contributed by atoms with Crippen LogP contribution in [0.2, 0.25) is 0 Å². The van der Waals surface area contributed by atoms with Gasteiger partial charge < -0.3 is 15.4 Å². The standard InChI is InChI=1S/C14H17BrN4O2S/c1-9-7-10(15)3-4-11(9)17-13(20)8-16-14-18-12(19-22-14)5-6-21-2/h3-4,7H,5-6,8H2,1-2H3,(H,17,20)(H,16,18,19).